The number of hydrogen-bond donors (Lipinski definition) is 3. The Hall–Kier alpha value is -2.66. The number of aliphatic hydroxyl groups excluding tert-OH is 1. The second-order valence-electron chi connectivity index (χ2n) is 9.46. The van der Waals surface area contributed by atoms with E-state index in [0.29, 0.717) is 0 Å². The van der Waals surface area contributed by atoms with Crippen LogP contribution in [0.25, 0.3) is 0 Å². The standard InChI is InChI=1S/C29H40N2O3/c32-22-26(28(33)30-25-20-14-6-4-2-1-3-5-7-15-21-25)31-29(34)27(23-16-10-8-11-17-23)24-18-12-9-13-19-24/h8-13,16-19,25-27,32H,1-7,14-15,20-22H2,(H,30,33)(H,31,34). The first-order valence-corrected chi connectivity index (χ1v) is 13.0. The lowest BCUT2D eigenvalue weighted by molar-refractivity contribution is -0.130. The van der Waals surface area contributed by atoms with Gasteiger partial charge in [-0.25, -0.2) is 0 Å². The van der Waals surface area contributed by atoms with Gasteiger partial charge >= 0.3 is 0 Å². The summed E-state index contributed by atoms with van der Waals surface area (Å²) < 4.78 is 0. The van der Waals surface area contributed by atoms with Crippen LogP contribution in [0.2, 0.25) is 0 Å². The van der Waals surface area contributed by atoms with Crippen molar-refractivity contribution in [3.8, 4) is 0 Å². The summed E-state index contributed by atoms with van der Waals surface area (Å²) in [5, 5.41) is 15.9. The van der Waals surface area contributed by atoms with E-state index < -0.39 is 18.6 Å². The minimum absolute atomic E-state index is 0.0944. The normalized spacial score (nSPS) is 17.2. The number of nitrogens with one attached hydrogen (secondary N) is 2. The highest BCUT2D eigenvalue weighted by Gasteiger charge is 2.28. The summed E-state index contributed by atoms with van der Waals surface area (Å²) in [6.07, 6.45) is 13.0. The summed E-state index contributed by atoms with van der Waals surface area (Å²) in [7, 11) is 0. The van der Waals surface area contributed by atoms with E-state index in [4.69, 9.17) is 0 Å². The minimum Gasteiger partial charge on any atom is -0.394 e. The first-order valence-electron chi connectivity index (χ1n) is 13.0. The molecule has 0 saturated heterocycles. The smallest absolute Gasteiger partial charge is 0.245 e. The summed E-state index contributed by atoms with van der Waals surface area (Å²) in [5.74, 6) is -1.14. The number of benzene rings is 2. The molecule has 1 aliphatic carbocycles. The number of rotatable bonds is 7. The largest absolute Gasteiger partial charge is 0.394 e. The molecule has 2 amide bonds. The molecule has 3 N–H and O–H groups in total. The Morgan fingerprint density at radius 2 is 1.15 bits per heavy atom. The molecule has 1 fully saturated rings. The molecule has 1 saturated carbocycles. The van der Waals surface area contributed by atoms with Gasteiger partial charge in [-0.05, 0) is 24.0 Å². The third-order valence-corrected chi connectivity index (χ3v) is 6.80. The van der Waals surface area contributed by atoms with Gasteiger partial charge in [0.15, 0.2) is 0 Å². The Labute approximate surface area is 204 Å². The molecule has 1 aliphatic rings. The van der Waals surface area contributed by atoms with Gasteiger partial charge in [0.2, 0.25) is 11.8 Å². The van der Waals surface area contributed by atoms with E-state index in [1.54, 1.807) is 0 Å². The van der Waals surface area contributed by atoms with E-state index in [-0.39, 0.29) is 17.9 Å². The molecule has 0 radical (unpaired) electrons. The summed E-state index contributed by atoms with van der Waals surface area (Å²) >= 11 is 0. The molecule has 0 bridgehead atoms. The van der Waals surface area contributed by atoms with Crippen LogP contribution < -0.4 is 10.6 Å². The quantitative estimate of drug-likeness (QED) is 0.534. The molecule has 0 spiro atoms. The maximum atomic E-state index is 13.4. The zero-order valence-corrected chi connectivity index (χ0v) is 20.3. The van der Waals surface area contributed by atoms with Crippen LogP contribution in [-0.4, -0.2) is 35.6 Å². The van der Waals surface area contributed by atoms with Gasteiger partial charge in [-0.1, -0.05) is 118 Å². The molecule has 0 heterocycles. The lowest BCUT2D eigenvalue weighted by Gasteiger charge is -2.25. The van der Waals surface area contributed by atoms with Crippen molar-refractivity contribution in [3.63, 3.8) is 0 Å². The third-order valence-electron chi connectivity index (χ3n) is 6.80. The lowest BCUT2D eigenvalue weighted by atomic mass is 9.90. The number of carbonyl (C=O) groups excluding carboxylic acids is 2. The zero-order chi connectivity index (χ0) is 24.0. The molecule has 3 rings (SSSR count). The van der Waals surface area contributed by atoms with Gasteiger partial charge in [0.05, 0.1) is 12.5 Å². The molecule has 0 aliphatic heterocycles. The van der Waals surface area contributed by atoms with E-state index >= 15 is 0 Å². The van der Waals surface area contributed by atoms with Gasteiger partial charge in [-0.3, -0.25) is 9.59 Å². The molecule has 0 aromatic heterocycles. The average molecular weight is 465 g/mol. The van der Waals surface area contributed by atoms with Gasteiger partial charge in [-0.2, -0.15) is 0 Å². The highest BCUT2D eigenvalue weighted by molar-refractivity contribution is 5.92. The average Bonchev–Trinajstić information content (AvgIpc) is 2.85. The molecular formula is C29H40N2O3. The molecule has 5 heteroatoms. The Kier molecular flexibility index (Phi) is 11.1. The zero-order valence-electron chi connectivity index (χ0n) is 20.3. The highest BCUT2D eigenvalue weighted by Crippen LogP contribution is 2.25. The first kappa shape index (κ1) is 26.0. The van der Waals surface area contributed by atoms with E-state index in [2.05, 4.69) is 10.6 Å². The monoisotopic (exact) mass is 464 g/mol. The summed E-state index contributed by atoms with van der Waals surface area (Å²) in [6, 6.07) is 18.2. The van der Waals surface area contributed by atoms with Crippen LogP contribution in [0.1, 0.15) is 87.7 Å². The van der Waals surface area contributed by atoms with E-state index in [0.717, 1.165) is 36.8 Å². The molecule has 2 aromatic carbocycles. The first-order chi connectivity index (χ1) is 16.7. The molecule has 5 nitrogen and oxygen atoms in total. The van der Waals surface area contributed by atoms with E-state index in [1.165, 1.54) is 44.9 Å². The molecular weight excluding hydrogens is 424 g/mol. The summed E-state index contributed by atoms with van der Waals surface area (Å²) in [6.45, 7) is -0.430. The number of aliphatic hydroxyl groups is 1. The fourth-order valence-corrected chi connectivity index (χ4v) is 4.84. The molecule has 2 aromatic rings. The van der Waals surface area contributed by atoms with Crippen LogP contribution in [0.15, 0.2) is 60.7 Å². The van der Waals surface area contributed by atoms with Crippen molar-refractivity contribution < 1.29 is 14.7 Å². The van der Waals surface area contributed by atoms with Gasteiger partial charge in [-0.15, -0.1) is 0 Å². The van der Waals surface area contributed by atoms with Crippen LogP contribution >= 0.6 is 0 Å². The van der Waals surface area contributed by atoms with Gasteiger partial charge in [0.1, 0.15) is 6.04 Å². The van der Waals surface area contributed by atoms with Crippen LogP contribution in [0.3, 0.4) is 0 Å². The fraction of sp³-hybridized carbons (Fsp3) is 0.517. The van der Waals surface area contributed by atoms with Crippen LogP contribution in [0.5, 0.6) is 0 Å². The molecule has 1 atom stereocenters. The van der Waals surface area contributed by atoms with Crippen molar-refractivity contribution in [2.45, 2.75) is 88.6 Å². The van der Waals surface area contributed by atoms with Crippen molar-refractivity contribution >= 4 is 11.8 Å². The third kappa shape index (κ3) is 8.28. The molecule has 34 heavy (non-hydrogen) atoms. The SMILES string of the molecule is O=C(NC1CCCCCCCCCCC1)C(CO)NC(=O)C(c1ccccc1)c1ccccc1. The van der Waals surface area contributed by atoms with Crippen LogP contribution in [0.4, 0.5) is 0 Å². The number of amides is 2. The fourth-order valence-electron chi connectivity index (χ4n) is 4.84. The Morgan fingerprint density at radius 3 is 1.59 bits per heavy atom. The van der Waals surface area contributed by atoms with E-state index in [9.17, 15) is 14.7 Å². The number of hydrogen-bond acceptors (Lipinski definition) is 3. The van der Waals surface area contributed by atoms with Crippen molar-refractivity contribution in [1.82, 2.24) is 10.6 Å². The Bertz CT molecular complexity index is 805. The van der Waals surface area contributed by atoms with Crippen molar-refractivity contribution in [2.24, 2.45) is 0 Å². The lowest BCUT2D eigenvalue weighted by Crippen LogP contribution is -2.52. The van der Waals surface area contributed by atoms with Gasteiger partial charge in [0, 0.05) is 6.04 Å². The highest BCUT2D eigenvalue weighted by atomic mass is 16.3. The maximum Gasteiger partial charge on any atom is 0.245 e. The number of carbonyl (C=O) groups is 2. The minimum atomic E-state index is -0.969. The topological polar surface area (TPSA) is 78.4 Å². The Morgan fingerprint density at radius 1 is 0.706 bits per heavy atom. The Balaban J connectivity index is 1.65. The molecule has 1 unspecified atom stereocenters. The van der Waals surface area contributed by atoms with Gasteiger partial charge in [0.25, 0.3) is 0 Å². The predicted molar refractivity (Wildman–Crippen MR) is 136 cm³/mol. The maximum absolute atomic E-state index is 13.4. The van der Waals surface area contributed by atoms with Gasteiger partial charge < -0.3 is 15.7 Å². The van der Waals surface area contributed by atoms with Crippen LogP contribution in [-0.2, 0) is 9.59 Å². The molecule has 184 valence electrons. The summed E-state index contributed by atoms with van der Waals surface area (Å²) in [4.78, 5) is 26.4. The predicted octanol–water partition coefficient (Wildman–Crippen LogP) is 5.09. The van der Waals surface area contributed by atoms with E-state index in [1.807, 2.05) is 60.7 Å². The second-order valence-corrected chi connectivity index (χ2v) is 9.46. The van der Waals surface area contributed by atoms with Crippen molar-refractivity contribution in [2.75, 3.05) is 6.61 Å². The van der Waals surface area contributed by atoms with Crippen LogP contribution in [0, 0.1) is 0 Å². The van der Waals surface area contributed by atoms with Crippen molar-refractivity contribution in [3.05, 3.63) is 71.8 Å². The second kappa shape index (κ2) is 14.6. The van der Waals surface area contributed by atoms with Crippen molar-refractivity contribution in [1.29, 1.82) is 0 Å². The summed E-state index contributed by atoms with van der Waals surface area (Å²) in [5.41, 5.74) is 1.70.